The number of carbonyl (C=O) groups is 2. The van der Waals surface area contributed by atoms with Gasteiger partial charge in [0, 0.05) is 16.9 Å². The number of rotatable bonds is 7. The summed E-state index contributed by atoms with van der Waals surface area (Å²) in [6.45, 7) is 3.83. The Morgan fingerprint density at radius 2 is 1.50 bits per heavy atom. The summed E-state index contributed by atoms with van der Waals surface area (Å²) in [4.78, 5) is 24.5. The summed E-state index contributed by atoms with van der Waals surface area (Å²) in [5.74, 6) is 0.743. The van der Waals surface area contributed by atoms with Crippen molar-refractivity contribution >= 4 is 23.2 Å². The van der Waals surface area contributed by atoms with Crippen molar-refractivity contribution in [3.8, 4) is 11.5 Å². The standard InChI is InChI=1S/C24H24N2O4/c1-16-5-4-6-22(17(16)2)26-23(27)15-30-21-11-7-18(8-12-21)24(28)25-19-9-13-20(29-3)14-10-19/h4-14H,15H2,1-3H3,(H,25,28)(H,26,27). The summed E-state index contributed by atoms with van der Waals surface area (Å²) >= 11 is 0. The zero-order valence-corrected chi connectivity index (χ0v) is 17.2. The van der Waals surface area contributed by atoms with Gasteiger partial charge in [0.2, 0.25) is 0 Å². The van der Waals surface area contributed by atoms with Gasteiger partial charge in [-0.25, -0.2) is 0 Å². The summed E-state index contributed by atoms with van der Waals surface area (Å²) < 4.78 is 10.6. The van der Waals surface area contributed by atoms with E-state index < -0.39 is 0 Å². The van der Waals surface area contributed by atoms with Crippen LogP contribution in [0.25, 0.3) is 0 Å². The van der Waals surface area contributed by atoms with E-state index in [1.54, 1.807) is 55.6 Å². The van der Waals surface area contributed by atoms with Crippen molar-refractivity contribution in [2.45, 2.75) is 13.8 Å². The molecule has 0 aromatic heterocycles. The molecule has 30 heavy (non-hydrogen) atoms. The van der Waals surface area contributed by atoms with Crippen LogP contribution in [-0.4, -0.2) is 25.5 Å². The summed E-state index contributed by atoms with van der Waals surface area (Å²) in [5, 5.41) is 5.67. The largest absolute Gasteiger partial charge is 0.497 e. The fourth-order valence-corrected chi connectivity index (χ4v) is 2.80. The van der Waals surface area contributed by atoms with Gasteiger partial charge in [0.1, 0.15) is 11.5 Å². The summed E-state index contributed by atoms with van der Waals surface area (Å²) in [6.07, 6.45) is 0. The fourth-order valence-electron chi connectivity index (χ4n) is 2.80. The monoisotopic (exact) mass is 404 g/mol. The molecule has 0 unspecified atom stereocenters. The maximum atomic E-state index is 12.4. The highest BCUT2D eigenvalue weighted by Gasteiger charge is 2.09. The number of hydrogen-bond acceptors (Lipinski definition) is 4. The third kappa shape index (κ3) is 5.38. The molecule has 0 radical (unpaired) electrons. The Kier molecular flexibility index (Phi) is 6.70. The number of carbonyl (C=O) groups excluding carboxylic acids is 2. The van der Waals surface area contributed by atoms with Crippen LogP contribution in [0.5, 0.6) is 11.5 Å². The molecule has 0 atom stereocenters. The number of hydrogen-bond donors (Lipinski definition) is 2. The third-order valence-corrected chi connectivity index (χ3v) is 4.71. The van der Waals surface area contributed by atoms with Crippen molar-refractivity contribution in [2.24, 2.45) is 0 Å². The molecular formula is C24H24N2O4. The molecule has 0 saturated heterocycles. The van der Waals surface area contributed by atoms with Gasteiger partial charge >= 0.3 is 0 Å². The lowest BCUT2D eigenvalue weighted by Crippen LogP contribution is -2.20. The molecule has 0 heterocycles. The van der Waals surface area contributed by atoms with Gasteiger partial charge < -0.3 is 20.1 Å². The Balaban J connectivity index is 1.52. The fraction of sp³-hybridized carbons (Fsp3) is 0.167. The highest BCUT2D eigenvalue weighted by atomic mass is 16.5. The second kappa shape index (κ2) is 9.60. The number of aryl methyl sites for hydroxylation is 1. The highest BCUT2D eigenvalue weighted by Crippen LogP contribution is 2.19. The minimum absolute atomic E-state index is 0.120. The van der Waals surface area contributed by atoms with Crippen LogP contribution >= 0.6 is 0 Å². The van der Waals surface area contributed by atoms with Gasteiger partial charge in [0.25, 0.3) is 11.8 Å². The molecule has 0 aliphatic carbocycles. The minimum Gasteiger partial charge on any atom is -0.497 e. The molecule has 0 fully saturated rings. The Morgan fingerprint density at radius 3 is 2.17 bits per heavy atom. The van der Waals surface area contributed by atoms with E-state index in [1.807, 2.05) is 32.0 Å². The number of ether oxygens (including phenoxy) is 2. The summed E-state index contributed by atoms with van der Waals surface area (Å²) in [7, 11) is 1.59. The van der Waals surface area contributed by atoms with Crippen LogP contribution < -0.4 is 20.1 Å². The molecular weight excluding hydrogens is 380 g/mol. The van der Waals surface area contributed by atoms with Crippen molar-refractivity contribution < 1.29 is 19.1 Å². The minimum atomic E-state index is -0.245. The molecule has 0 aliphatic heterocycles. The first-order chi connectivity index (χ1) is 14.5. The average molecular weight is 404 g/mol. The maximum absolute atomic E-state index is 12.4. The molecule has 2 amide bonds. The number of nitrogens with one attached hydrogen (secondary N) is 2. The quantitative estimate of drug-likeness (QED) is 0.604. The van der Waals surface area contributed by atoms with Crippen molar-refractivity contribution in [2.75, 3.05) is 24.4 Å². The predicted molar refractivity (Wildman–Crippen MR) is 117 cm³/mol. The van der Waals surface area contributed by atoms with Crippen molar-refractivity contribution in [3.05, 3.63) is 83.4 Å². The molecule has 3 aromatic carbocycles. The third-order valence-electron chi connectivity index (χ3n) is 4.71. The molecule has 0 saturated carbocycles. The molecule has 0 aliphatic rings. The van der Waals surface area contributed by atoms with E-state index >= 15 is 0 Å². The van der Waals surface area contributed by atoms with E-state index in [2.05, 4.69) is 10.6 Å². The first-order valence-electron chi connectivity index (χ1n) is 9.50. The van der Waals surface area contributed by atoms with Crippen LogP contribution in [0.4, 0.5) is 11.4 Å². The van der Waals surface area contributed by atoms with E-state index in [1.165, 1.54) is 0 Å². The molecule has 6 heteroatoms. The van der Waals surface area contributed by atoms with Gasteiger partial charge in [-0.05, 0) is 79.6 Å². The normalized spacial score (nSPS) is 10.2. The van der Waals surface area contributed by atoms with Gasteiger partial charge in [0.15, 0.2) is 6.61 Å². The van der Waals surface area contributed by atoms with Gasteiger partial charge in [-0.3, -0.25) is 9.59 Å². The maximum Gasteiger partial charge on any atom is 0.262 e. The summed E-state index contributed by atoms with van der Waals surface area (Å²) in [6, 6.07) is 19.5. The highest BCUT2D eigenvalue weighted by molar-refractivity contribution is 6.04. The van der Waals surface area contributed by atoms with E-state index in [9.17, 15) is 9.59 Å². The van der Waals surface area contributed by atoms with Gasteiger partial charge in [0.05, 0.1) is 7.11 Å². The molecule has 3 rings (SSSR count). The Labute approximate surface area is 175 Å². The van der Waals surface area contributed by atoms with Crippen LogP contribution in [0, 0.1) is 13.8 Å². The van der Waals surface area contributed by atoms with Gasteiger partial charge in [-0.15, -0.1) is 0 Å². The zero-order chi connectivity index (χ0) is 21.5. The SMILES string of the molecule is COc1ccc(NC(=O)c2ccc(OCC(=O)Nc3cccc(C)c3C)cc2)cc1. The molecule has 154 valence electrons. The van der Waals surface area contributed by atoms with Crippen LogP contribution in [-0.2, 0) is 4.79 Å². The molecule has 0 spiro atoms. The summed E-state index contributed by atoms with van der Waals surface area (Å²) in [5.41, 5.74) is 4.06. The topological polar surface area (TPSA) is 76.7 Å². The first kappa shape index (κ1) is 20.9. The second-order valence-corrected chi connectivity index (χ2v) is 6.79. The predicted octanol–water partition coefficient (Wildman–Crippen LogP) is 4.58. The lowest BCUT2D eigenvalue weighted by atomic mass is 10.1. The van der Waals surface area contributed by atoms with E-state index in [4.69, 9.17) is 9.47 Å². The van der Waals surface area contributed by atoms with Crippen LogP contribution in [0.15, 0.2) is 66.7 Å². The number of anilines is 2. The number of amides is 2. The van der Waals surface area contributed by atoms with Crippen LogP contribution in [0.3, 0.4) is 0 Å². The number of benzene rings is 3. The average Bonchev–Trinajstić information content (AvgIpc) is 2.76. The van der Waals surface area contributed by atoms with Crippen LogP contribution in [0.2, 0.25) is 0 Å². The molecule has 6 nitrogen and oxygen atoms in total. The zero-order valence-electron chi connectivity index (χ0n) is 17.2. The Bertz CT molecular complexity index is 1030. The molecule has 0 bridgehead atoms. The second-order valence-electron chi connectivity index (χ2n) is 6.79. The van der Waals surface area contributed by atoms with E-state index in [0.717, 1.165) is 22.6 Å². The van der Waals surface area contributed by atoms with Gasteiger partial charge in [-0.1, -0.05) is 12.1 Å². The lowest BCUT2D eigenvalue weighted by Gasteiger charge is -2.11. The van der Waals surface area contributed by atoms with Crippen molar-refractivity contribution in [1.29, 1.82) is 0 Å². The lowest BCUT2D eigenvalue weighted by molar-refractivity contribution is -0.118. The first-order valence-corrected chi connectivity index (χ1v) is 9.50. The number of methoxy groups -OCH3 is 1. The molecule has 2 N–H and O–H groups in total. The van der Waals surface area contributed by atoms with E-state index in [-0.39, 0.29) is 18.4 Å². The smallest absolute Gasteiger partial charge is 0.262 e. The van der Waals surface area contributed by atoms with Crippen LogP contribution in [0.1, 0.15) is 21.5 Å². The van der Waals surface area contributed by atoms with E-state index in [0.29, 0.717) is 17.0 Å². The van der Waals surface area contributed by atoms with Crippen molar-refractivity contribution in [3.63, 3.8) is 0 Å². The molecule has 3 aromatic rings. The van der Waals surface area contributed by atoms with Crippen molar-refractivity contribution in [1.82, 2.24) is 0 Å². The Morgan fingerprint density at radius 1 is 0.833 bits per heavy atom. The van der Waals surface area contributed by atoms with Gasteiger partial charge in [-0.2, -0.15) is 0 Å². The Hall–Kier alpha value is -3.80.